The molecule has 152 valence electrons. The second kappa shape index (κ2) is 9.15. The number of carbonyl (C=O) groups is 1. The molecule has 1 fully saturated rings. The summed E-state index contributed by atoms with van der Waals surface area (Å²) in [6, 6.07) is 16.0. The van der Waals surface area contributed by atoms with Gasteiger partial charge in [0.1, 0.15) is 5.75 Å². The van der Waals surface area contributed by atoms with E-state index in [9.17, 15) is 4.79 Å². The third-order valence-corrected chi connectivity index (χ3v) is 6.30. The van der Waals surface area contributed by atoms with Gasteiger partial charge in [-0.05, 0) is 47.8 Å². The first-order chi connectivity index (χ1) is 14.2. The Bertz CT molecular complexity index is 886. The van der Waals surface area contributed by atoms with E-state index in [1.165, 1.54) is 21.9 Å². The average molecular weight is 413 g/mol. The minimum atomic E-state index is -0.0205. The van der Waals surface area contributed by atoms with Gasteiger partial charge in [-0.1, -0.05) is 6.07 Å². The van der Waals surface area contributed by atoms with Crippen LogP contribution in [0.5, 0.6) is 5.75 Å². The number of methoxy groups -OCH3 is 1. The Morgan fingerprint density at radius 1 is 1.21 bits per heavy atom. The van der Waals surface area contributed by atoms with Crippen molar-refractivity contribution >= 4 is 22.9 Å². The zero-order valence-electron chi connectivity index (χ0n) is 16.5. The third kappa shape index (κ3) is 4.63. The summed E-state index contributed by atoms with van der Waals surface area (Å²) in [4.78, 5) is 17.0. The fourth-order valence-corrected chi connectivity index (χ4v) is 4.46. The van der Waals surface area contributed by atoms with Crippen molar-refractivity contribution in [2.45, 2.75) is 6.04 Å². The number of nitrogens with one attached hydrogen (secondary N) is 2. The quantitative estimate of drug-likeness (QED) is 0.625. The van der Waals surface area contributed by atoms with Gasteiger partial charge in [0.25, 0.3) is 5.91 Å². The largest absolute Gasteiger partial charge is 0.497 e. The molecule has 2 N–H and O–H groups in total. The van der Waals surface area contributed by atoms with Gasteiger partial charge >= 0.3 is 0 Å². The van der Waals surface area contributed by atoms with Gasteiger partial charge in [-0.25, -0.2) is 0 Å². The Morgan fingerprint density at radius 2 is 2.00 bits per heavy atom. The van der Waals surface area contributed by atoms with Crippen LogP contribution in [0.3, 0.4) is 0 Å². The van der Waals surface area contributed by atoms with Crippen LogP contribution < -0.4 is 19.9 Å². The maximum atomic E-state index is 12.4. The number of benzene rings is 1. The van der Waals surface area contributed by atoms with Crippen LogP contribution in [-0.2, 0) is 0 Å². The minimum Gasteiger partial charge on any atom is -0.497 e. The molecule has 7 heteroatoms. The number of anilines is 1. The molecule has 1 saturated heterocycles. The summed E-state index contributed by atoms with van der Waals surface area (Å²) in [5.74, 6) is 1.77. The monoisotopic (exact) mass is 412 g/mol. The van der Waals surface area contributed by atoms with E-state index in [0.717, 1.165) is 42.6 Å². The summed E-state index contributed by atoms with van der Waals surface area (Å²) in [6.45, 7) is 4.43. The van der Waals surface area contributed by atoms with Crippen LogP contribution in [0.25, 0.3) is 0 Å². The number of carbonyl (C=O) groups excluding carboxylic acids is 1. The van der Waals surface area contributed by atoms with Crippen LogP contribution in [0.15, 0.2) is 64.6 Å². The van der Waals surface area contributed by atoms with Crippen molar-refractivity contribution in [1.29, 1.82) is 0 Å². The highest BCUT2D eigenvalue weighted by molar-refractivity contribution is 7.12. The minimum absolute atomic E-state index is 0.0205. The Morgan fingerprint density at radius 3 is 2.62 bits per heavy atom. The lowest BCUT2D eigenvalue weighted by Crippen LogP contribution is -3.15. The van der Waals surface area contributed by atoms with Crippen molar-refractivity contribution in [3.8, 4) is 5.75 Å². The van der Waals surface area contributed by atoms with E-state index in [4.69, 9.17) is 9.15 Å². The van der Waals surface area contributed by atoms with Crippen LogP contribution in [0, 0.1) is 0 Å². The molecule has 0 spiro atoms. The van der Waals surface area contributed by atoms with E-state index in [2.05, 4.69) is 22.3 Å². The topological polar surface area (TPSA) is 59.1 Å². The number of furan rings is 1. The Labute approximate surface area is 174 Å². The average Bonchev–Trinajstić information content (AvgIpc) is 3.49. The first-order valence-corrected chi connectivity index (χ1v) is 10.7. The molecule has 6 nitrogen and oxygen atoms in total. The zero-order chi connectivity index (χ0) is 20.1. The summed E-state index contributed by atoms with van der Waals surface area (Å²) >= 11 is 1.46. The van der Waals surface area contributed by atoms with Crippen molar-refractivity contribution in [2.75, 3.05) is 44.7 Å². The van der Waals surface area contributed by atoms with E-state index in [0.29, 0.717) is 6.54 Å². The van der Waals surface area contributed by atoms with Gasteiger partial charge in [0, 0.05) is 5.69 Å². The molecule has 0 bridgehead atoms. The highest BCUT2D eigenvalue weighted by Crippen LogP contribution is 2.19. The van der Waals surface area contributed by atoms with Gasteiger partial charge in [-0.2, -0.15) is 0 Å². The van der Waals surface area contributed by atoms with Crippen molar-refractivity contribution in [1.82, 2.24) is 5.32 Å². The maximum absolute atomic E-state index is 12.4. The molecular formula is C22H26N3O3S+. The molecular weight excluding hydrogens is 386 g/mol. The predicted octanol–water partition coefficient (Wildman–Crippen LogP) is 2.23. The number of hydrogen-bond donors (Lipinski definition) is 2. The van der Waals surface area contributed by atoms with Gasteiger partial charge < -0.3 is 24.3 Å². The van der Waals surface area contributed by atoms with Crippen LogP contribution in [0.4, 0.5) is 5.69 Å². The predicted molar refractivity (Wildman–Crippen MR) is 114 cm³/mol. The number of ether oxygens (including phenoxy) is 1. The van der Waals surface area contributed by atoms with E-state index < -0.39 is 0 Å². The fraction of sp³-hybridized carbons (Fsp3) is 0.318. The molecule has 3 heterocycles. The van der Waals surface area contributed by atoms with Crippen LogP contribution in [0.1, 0.15) is 21.5 Å². The number of piperazine rings is 1. The molecule has 4 rings (SSSR count). The smallest absolute Gasteiger partial charge is 0.261 e. The van der Waals surface area contributed by atoms with Gasteiger partial charge in [0.05, 0.1) is 51.0 Å². The highest BCUT2D eigenvalue weighted by atomic mass is 32.1. The zero-order valence-corrected chi connectivity index (χ0v) is 17.3. The molecule has 0 aliphatic carbocycles. The molecule has 1 amide bonds. The van der Waals surface area contributed by atoms with E-state index in [1.807, 2.05) is 41.8 Å². The Hall–Kier alpha value is -2.77. The number of hydrogen-bond acceptors (Lipinski definition) is 5. The molecule has 0 saturated carbocycles. The molecule has 3 aromatic rings. The molecule has 1 atom stereocenters. The fourth-order valence-electron chi connectivity index (χ4n) is 3.82. The van der Waals surface area contributed by atoms with Crippen LogP contribution in [0.2, 0.25) is 0 Å². The standard InChI is InChI=1S/C22H25N3O3S/c1-27-18-8-6-17(7-9-18)24-10-12-25(13-11-24)19(20-4-2-14-28-20)16-23-22(26)21-5-3-15-29-21/h2-9,14-15,19H,10-13,16H2,1H3,(H,23,26)/p+1/t19-/m1/s1. The van der Waals surface area contributed by atoms with E-state index in [-0.39, 0.29) is 11.9 Å². The SMILES string of the molecule is COc1ccc(N2CC[NH+]([C@H](CNC(=O)c3cccs3)c3ccco3)CC2)cc1. The lowest BCUT2D eigenvalue weighted by Gasteiger charge is -2.37. The van der Waals surface area contributed by atoms with Crippen molar-refractivity contribution < 1.29 is 18.8 Å². The maximum Gasteiger partial charge on any atom is 0.261 e. The molecule has 0 unspecified atom stereocenters. The number of thiophene rings is 1. The molecule has 1 aliphatic heterocycles. The van der Waals surface area contributed by atoms with Gasteiger partial charge in [0.15, 0.2) is 11.8 Å². The number of nitrogens with zero attached hydrogens (tertiary/aromatic N) is 1. The summed E-state index contributed by atoms with van der Waals surface area (Å²) in [5, 5.41) is 5.01. The Kier molecular flexibility index (Phi) is 6.17. The van der Waals surface area contributed by atoms with Crippen molar-refractivity contribution in [3.63, 3.8) is 0 Å². The van der Waals surface area contributed by atoms with Gasteiger partial charge in [-0.3, -0.25) is 4.79 Å². The van der Waals surface area contributed by atoms with Crippen LogP contribution >= 0.6 is 11.3 Å². The number of amides is 1. The van der Waals surface area contributed by atoms with Crippen molar-refractivity contribution in [3.05, 3.63) is 70.8 Å². The second-order valence-corrected chi connectivity index (χ2v) is 8.05. The first kappa shape index (κ1) is 19.5. The van der Waals surface area contributed by atoms with E-state index >= 15 is 0 Å². The van der Waals surface area contributed by atoms with Crippen LogP contribution in [-0.4, -0.2) is 45.7 Å². The highest BCUT2D eigenvalue weighted by Gasteiger charge is 2.31. The molecule has 0 radical (unpaired) electrons. The number of rotatable bonds is 7. The van der Waals surface area contributed by atoms with Crippen molar-refractivity contribution in [2.24, 2.45) is 0 Å². The van der Waals surface area contributed by atoms with Gasteiger partial charge in [-0.15, -0.1) is 11.3 Å². The third-order valence-electron chi connectivity index (χ3n) is 5.43. The normalized spacial score (nSPS) is 15.8. The molecule has 29 heavy (non-hydrogen) atoms. The Balaban J connectivity index is 1.39. The summed E-state index contributed by atoms with van der Waals surface area (Å²) in [7, 11) is 1.68. The molecule has 1 aromatic carbocycles. The summed E-state index contributed by atoms with van der Waals surface area (Å²) in [6.07, 6.45) is 1.70. The lowest BCUT2D eigenvalue weighted by atomic mass is 10.1. The molecule has 1 aliphatic rings. The van der Waals surface area contributed by atoms with Gasteiger partial charge in [0.2, 0.25) is 0 Å². The first-order valence-electron chi connectivity index (χ1n) is 9.83. The summed E-state index contributed by atoms with van der Waals surface area (Å²) < 4.78 is 11.0. The second-order valence-electron chi connectivity index (χ2n) is 7.10. The lowest BCUT2D eigenvalue weighted by molar-refractivity contribution is -0.932. The summed E-state index contributed by atoms with van der Waals surface area (Å²) in [5.41, 5.74) is 1.21. The number of quaternary nitrogens is 1. The molecule has 2 aromatic heterocycles. The van der Waals surface area contributed by atoms with E-state index in [1.54, 1.807) is 13.4 Å².